The summed E-state index contributed by atoms with van der Waals surface area (Å²) in [5, 5.41) is 9.62. The van der Waals surface area contributed by atoms with Gasteiger partial charge in [0.25, 0.3) is 5.91 Å². The minimum atomic E-state index is -0.842. The average molecular weight is 310 g/mol. The number of nitrogens with zero attached hydrogens (tertiary/aromatic N) is 1. The number of halogens is 1. The van der Waals surface area contributed by atoms with Gasteiger partial charge in [0, 0.05) is 13.1 Å². The number of rotatable bonds is 2. The highest BCUT2D eigenvalue weighted by Gasteiger charge is 2.32. The van der Waals surface area contributed by atoms with Crippen LogP contribution in [0.1, 0.15) is 34.8 Å². The lowest BCUT2D eigenvalue weighted by Gasteiger charge is -2.35. The van der Waals surface area contributed by atoms with E-state index in [2.05, 4.69) is 0 Å². The summed E-state index contributed by atoms with van der Waals surface area (Å²) in [6, 6.07) is 3.57. The second kappa shape index (κ2) is 6.06. The number of carbonyl (C=O) groups is 2. The fourth-order valence-electron chi connectivity index (χ4n) is 2.81. The molecule has 114 valence electrons. The Morgan fingerprint density at radius 1 is 1.24 bits per heavy atom. The van der Waals surface area contributed by atoms with E-state index in [1.165, 1.54) is 0 Å². The van der Waals surface area contributed by atoms with Gasteiger partial charge in [-0.1, -0.05) is 18.5 Å². The molecule has 2 unspecified atom stereocenters. The van der Waals surface area contributed by atoms with Crippen molar-refractivity contribution in [3.8, 4) is 0 Å². The number of benzene rings is 1. The van der Waals surface area contributed by atoms with E-state index in [0.29, 0.717) is 23.6 Å². The zero-order valence-corrected chi connectivity index (χ0v) is 13.3. The Bertz CT molecular complexity index is 585. The first kappa shape index (κ1) is 15.8. The van der Waals surface area contributed by atoms with Crippen LogP contribution in [0.25, 0.3) is 0 Å². The predicted molar refractivity (Wildman–Crippen MR) is 81.7 cm³/mol. The maximum Gasteiger partial charge on any atom is 0.308 e. The second-order valence-electron chi connectivity index (χ2n) is 6.00. The zero-order chi connectivity index (χ0) is 15.7. The smallest absolute Gasteiger partial charge is 0.308 e. The minimum Gasteiger partial charge on any atom is -0.481 e. The van der Waals surface area contributed by atoms with Gasteiger partial charge in [-0.2, -0.15) is 0 Å². The maximum atomic E-state index is 12.6. The molecule has 21 heavy (non-hydrogen) atoms. The van der Waals surface area contributed by atoms with Crippen molar-refractivity contribution in [1.82, 2.24) is 4.90 Å². The van der Waals surface area contributed by atoms with Crippen molar-refractivity contribution in [2.24, 2.45) is 11.8 Å². The first-order valence-electron chi connectivity index (χ1n) is 7.08. The lowest BCUT2D eigenvalue weighted by Crippen LogP contribution is -2.45. The molecule has 1 fully saturated rings. The molecule has 0 bridgehead atoms. The first-order valence-corrected chi connectivity index (χ1v) is 7.46. The summed E-state index contributed by atoms with van der Waals surface area (Å²) in [4.78, 5) is 25.5. The van der Waals surface area contributed by atoms with E-state index in [4.69, 9.17) is 11.6 Å². The largest absolute Gasteiger partial charge is 0.481 e. The van der Waals surface area contributed by atoms with E-state index in [0.717, 1.165) is 11.1 Å². The Morgan fingerprint density at radius 3 is 2.48 bits per heavy atom. The molecule has 0 saturated carbocycles. The molecule has 1 aliphatic rings. The number of hydrogen-bond acceptors (Lipinski definition) is 2. The molecule has 1 saturated heterocycles. The van der Waals surface area contributed by atoms with Crippen molar-refractivity contribution >= 4 is 23.5 Å². The van der Waals surface area contributed by atoms with Gasteiger partial charge in [-0.15, -0.1) is 0 Å². The summed E-state index contributed by atoms with van der Waals surface area (Å²) < 4.78 is 0. The van der Waals surface area contributed by atoms with Crippen LogP contribution < -0.4 is 0 Å². The number of carbonyl (C=O) groups excluding carboxylic acids is 1. The Labute approximate surface area is 129 Å². The summed E-state index contributed by atoms with van der Waals surface area (Å²) in [6.45, 7) is 6.67. The van der Waals surface area contributed by atoms with E-state index in [9.17, 15) is 14.7 Å². The monoisotopic (exact) mass is 309 g/mol. The van der Waals surface area contributed by atoms with Gasteiger partial charge in [-0.25, -0.2) is 0 Å². The summed E-state index contributed by atoms with van der Waals surface area (Å²) in [5.41, 5.74) is 2.49. The van der Waals surface area contributed by atoms with Gasteiger partial charge < -0.3 is 10.0 Å². The van der Waals surface area contributed by atoms with Gasteiger partial charge in [0.2, 0.25) is 0 Å². The molecule has 1 heterocycles. The third-order valence-electron chi connectivity index (χ3n) is 4.11. The molecule has 0 aromatic heterocycles. The number of amides is 1. The van der Waals surface area contributed by atoms with Crippen LogP contribution in [0.15, 0.2) is 12.1 Å². The van der Waals surface area contributed by atoms with Gasteiger partial charge in [0.05, 0.1) is 16.5 Å². The molecule has 1 aromatic rings. The molecule has 1 aliphatic heterocycles. The molecule has 4 nitrogen and oxygen atoms in total. The number of aliphatic carboxylic acids is 1. The van der Waals surface area contributed by atoms with Crippen LogP contribution in [0.2, 0.25) is 5.02 Å². The number of hydrogen-bond donors (Lipinski definition) is 1. The highest BCUT2D eigenvalue weighted by Crippen LogP contribution is 2.27. The Balaban J connectivity index is 2.27. The zero-order valence-electron chi connectivity index (χ0n) is 12.5. The number of piperidine rings is 1. The molecule has 0 spiro atoms. The molecule has 2 atom stereocenters. The Morgan fingerprint density at radius 2 is 1.86 bits per heavy atom. The minimum absolute atomic E-state index is 0.175. The SMILES string of the molecule is Cc1cc(Cl)c(C(=O)N2CC(C)CC(C(=O)O)C2)cc1C. The van der Waals surface area contributed by atoms with Crippen LogP contribution in [0.3, 0.4) is 0 Å². The van der Waals surface area contributed by atoms with Gasteiger partial charge in [0.1, 0.15) is 0 Å². The van der Waals surface area contributed by atoms with Crippen LogP contribution in [0.4, 0.5) is 0 Å². The average Bonchev–Trinajstić information content (AvgIpc) is 2.41. The molecule has 0 radical (unpaired) electrons. The molecule has 1 aromatic carbocycles. The van der Waals surface area contributed by atoms with Crippen molar-refractivity contribution < 1.29 is 14.7 Å². The summed E-state index contributed by atoms with van der Waals surface area (Å²) in [7, 11) is 0. The molecule has 1 amide bonds. The standard InChI is InChI=1S/C16H20ClNO3/c1-9-4-12(16(20)21)8-18(7-9)15(19)13-5-10(2)11(3)6-14(13)17/h5-6,9,12H,4,7-8H2,1-3H3,(H,20,21). The molecular weight excluding hydrogens is 290 g/mol. The van der Waals surface area contributed by atoms with Crippen LogP contribution in [-0.4, -0.2) is 35.0 Å². The Hall–Kier alpha value is -1.55. The van der Waals surface area contributed by atoms with Crippen LogP contribution in [-0.2, 0) is 4.79 Å². The highest BCUT2D eigenvalue weighted by molar-refractivity contribution is 6.34. The molecule has 0 aliphatic carbocycles. The maximum absolute atomic E-state index is 12.6. The number of carboxylic acid groups (broad SMARTS) is 1. The Kier molecular flexibility index (Phi) is 4.57. The highest BCUT2D eigenvalue weighted by atomic mass is 35.5. The fourth-order valence-corrected chi connectivity index (χ4v) is 3.11. The van der Waals surface area contributed by atoms with Crippen molar-refractivity contribution in [3.05, 3.63) is 33.8 Å². The lowest BCUT2D eigenvalue weighted by molar-refractivity contribution is -0.143. The number of carboxylic acids is 1. The number of aryl methyl sites for hydroxylation is 2. The van der Waals surface area contributed by atoms with Gasteiger partial charge in [-0.3, -0.25) is 9.59 Å². The van der Waals surface area contributed by atoms with E-state index in [1.807, 2.05) is 20.8 Å². The van der Waals surface area contributed by atoms with Crippen molar-refractivity contribution in [1.29, 1.82) is 0 Å². The normalized spacial score (nSPS) is 22.2. The van der Waals surface area contributed by atoms with Crippen molar-refractivity contribution in [3.63, 3.8) is 0 Å². The van der Waals surface area contributed by atoms with E-state index in [1.54, 1.807) is 17.0 Å². The summed E-state index contributed by atoms with van der Waals surface area (Å²) in [5.74, 6) is -1.34. The third kappa shape index (κ3) is 3.38. The van der Waals surface area contributed by atoms with Gasteiger partial charge in [-0.05, 0) is 49.4 Å². The first-order chi connectivity index (χ1) is 9.79. The molecular formula is C16H20ClNO3. The second-order valence-corrected chi connectivity index (χ2v) is 6.41. The van der Waals surface area contributed by atoms with Crippen LogP contribution >= 0.6 is 11.6 Å². The summed E-state index contributed by atoms with van der Waals surface area (Å²) in [6.07, 6.45) is 0.611. The fraction of sp³-hybridized carbons (Fsp3) is 0.500. The van der Waals surface area contributed by atoms with E-state index < -0.39 is 11.9 Å². The van der Waals surface area contributed by atoms with E-state index in [-0.39, 0.29) is 18.4 Å². The quantitative estimate of drug-likeness (QED) is 0.913. The van der Waals surface area contributed by atoms with Crippen molar-refractivity contribution in [2.75, 3.05) is 13.1 Å². The molecule has 1 N–H and O–H groups in total. The predicted octanol–water partition coefficient (Wildman–Crippen LogP) is 3.14. The van der Waals surface area contributed by atoms with Gasteiger partial charge in [0.15, 0.2) is 0 Å². The molecule has 2 rings (SSSR count). The third-order valence-corrected chi connectivity index (χ3v) is 4.42. The summed E-state index contributed by atoms with van der Waals surface area (Å²) >= 11 is 6.19. The van der Waals surface area contributed by atoms with E-state index >= 15 is 0 Å². The lowest BCUT2D eigenvalue weighted by atomic mass is 9.90. The molecule has 5 heteroatoms. The van der Waals surface area contributed by atoms with Crippen LogP contribution in [0, 0.1) is 25.7 Å². The van der Waals surface area contributed by atoms with Crippen molar-refractivity contribution in [2.45, 2.75) is 27.2 Å². The van der Waals surface area contributed by atoms with Crippen LogP contribution in [0.5, 0.6) is 0 Å². The number of likely N-dealkylation sites (tertiary alicyclic amines) is 1. The van der Waals surface area contributed by atoms with Gasteiger partial charge >= 0.3 is 5.97 Å². The topological polar surface area (TPSA) is 57.6 Å².